The number of anilines is 1. The van der Waals surface area contributed by atoms with Crippen molar-refractivity contribution < 1.29 is 18.3 Å². The largest absolute Gasteiger partial charge is 0.478 e. The van der Waals surface area contributed by atoms with E-state index in [0.29, 0.717) is 18.4 Å². The minimum absolute atomic E-state index is 0.00637. The quantitative estimate of drug-likeness (QED) is 0.895. The predicted octanol–water partition coefficient (Wildman–Crippen LogP) is 3.08. The fourth-order valence-corrected chi connectivity index (χ4v) is 4.55. The summed E-state index contributed by atoms with van der Waals surface area (Å²) in [6.07, 6.45) is 4.16. The summed E-state index contributed by atoms with van der Waals surface area (Å²) in [6, 6.07) is 3.28. The van der Waals surface area contributed by atoms with Gasteiger partial charge < -0.3 is 5.11 Å². The molecule has 0 aliphatic heterocycles. The van der Waals surface area contributed by atoms with Crippen molar-refractivity contribution in [2.45, 2.75) is 51.2 Å². The lowest BCUT2D eigenvalue weighted by Gasteiger charge is -2.23. The maximum Gasteiger partial charge on any atom is 0.337 e. The zero-order chi connectivity index (χ0) is 15.6. The molecule has 0 bridgehead atoms. The molecule has 1 aromatic carbocycles. The van der Waals surface area contributed by atoms with Gasteiger partial charge in [0.15, 0.2) is 0 Å². The van der Waals surface area contributed by atoms with Crippen LogP contribution in [0, 0.1) is 13.8 Å². The topological polar surface area (TPSA) is 83.5 Å². The van der Waals surface area contributed by atoms with Gasteiger partial charge in [0.25, 0.3) is 0 Å². The van der Waals surface area contributed by atoms with Gasteiger partial charge in [-0.15, -0.1) is 0 Å². The number of aryl methyl sites for hydroxylation is 2. The lowest BCUT2D eigenvalue weighted by molar-refractivity contribution is 0.0698. The van der Waals surface area contributed by atoms with Crippen molar-refractivity contribution in [3.05, 3.63) is 28.8 Å². The summed E-state index contributed by atoms with van der Waals surface area (Å²) in [5, 5.41) is 8.86. The van der Waals surface area contributed by atoms with Crippen molar-refractivity contribution in [3.63, 3.8) is 0 Å². The Labute approximate surface area is 125 Å². The van der Waals surface area contributed by atoms with Crippen molar-refractivity contribution in [2.24, 2.45) is 0 Å². The maximum absolute atomic E-state index is 12.5. The van der Waals surface area contributed by atoms with E-state index in [1.807, 2.05) is 0 Å². The van der Waals surface area contributed by atoms with Crippen LogP contribution in [-0.4, -0.2) is 24.7 Å². The Morgan fingerprint density at radius 2 is 1.81 bits per heavy atom. The number of carbonyl (C=O) groups is 1. The van der Waals surface area contributed by atoms with Crippen LogP contribution in [0.3, 0.4) is 0 Å². The standard InChI is InChI=1S/C15H21NO4S/c1-10-8-11(2)14(13(9-10)15(17)18)16-21(19,20)12-6-4-3-5-7-12/h8-9,12,16H,3-7H2,1-2H3,(H,17,18). The van der Waals surface area contributed by atoms with Crippen LogP contribution in [0.2, 0.25) is 0 Å². The van der Waals surface area contributed by atoms with Gasteiger partial charge in [-0.3, -0.25) is 4.72 Å². The summed E-state index contributed by atoms with van der Waals surface area (Å²) >= 11 is 0. The van der Waals surface area contributed by atoms with Crippen LogP contribution in [-0.2, 0) is 10.0 Å². The Morgan fingerprint density at radius 1 is 1.19 bits per heavy atom. The van der Waals surface area contributed by atoms with Crippen LogP contribution in [0.15, 0.2) is 12.1 Å². The van der Waals surface area contributed by atoms with Crippen molar-refractivity contribution in [1.29, 1.82) is 0 Å². The summed E-state index contributed by atoms with van der Waals surface area (Å²) in [5.74, 6) is -1.12. The highest BCUT2D eigenvalue weighted by molar-refractivity contribution is 7.93. The summed E-state index contributed by atoms with van der Waals surface area (Å²) in [6.45, 7) is 3.51. The van der Waals surface area contributed by atoms with E-state index in [2.05, 4.69) is 4.72 Å². The van der Waals surface area contributed by atoms with E-state index in [1.165, 1.54) is 6.07 Å². The zero-order valence-electron chi connectivity index (χ0n) is 12.3. The minimum Gasteiger partial charge on any atom is -0.478 e. The van der Waals surface area contributed by atoms with E-state index in [-0.39, 0.29) is 11.3 Å². The number of rotatable bonds is 4. The van der Waals surface area contributed by atoms with Crippen LogP contribution in [0.1, 0.15) is 53.6 Å². The first-order chi connectivity index (χ1) is 9.81. The highest BCUT2D eigenvalue weighted by Gasteiger charge is 2.29. The van der Waals surface area contributed by atoms with Gasteiger partial charge in [-0.05, 0) is 43.9 Å². The Bertz CT molecular complexity index is 646. The van der Waals surface area contributed by atoms with E-state index in [0.717, 1.165) is 24.8 Å². The Morgan fingerprint density at radius 3 is 2.38 bits per heavy atom. The molecule has 1 fully saturated rings. The molecule has 1 aromatic rings. The fourth-order valence-electron chi connectivity index (χ4n) is 2.87. The molecule has 0 radical (unpaired) electrons. The number of carboxylic acid groups (broad SMARTS) is 1. The number of hydrogen-bond acceptors (Lipinski definition) is 3. The second-order valence-corrected chi connectivity index (χ2v) is 7.68. The second kappa shape index (κ2) is 6.05. The predicted molar refractivity (Wildman–Crippen MR) is 82.3 cm³/mol. The molecule has 2 rings (SSSR count). The van der Waals surface area contributed by atoms with Crippen molar-refractivity contribution in [1.82, 2.24) is 0 Å². The van der Waals surface area contributed by atoms with Gasteiger partial charge >= 0.3 is 5.97 Å². The zero-order valence-corrected chi connectivity index (χ0v) is 13.2. The van der Waals surface area contributed by atoms with Crippen LogP contribution in [0.5, 0.6) is 0 Å². The number of carboxylic acids is 1. The molecule has 6 heteroatoms. The van der Waals surface area contributed by atoms with E-state index < -0.39 is 21.2 Å². The Hall–Kier alpha value is -1.56. The van der Waals surface area contributed by atoms with Crippen LogP contribution < -0.4 is 4.72 Å². The molecule has 0 amide bonds. The number of sulfonamides is 1. The van der Waals surface area contributed by atoms with Crippen LogP contribution in [0.25, 0.3) is 0 Å². The lowest BCUT2D eigenvalue weighted by Crippen LogP contribution is -2.30. The molecule has 0 aromatic heterocycles. The Balaban J connectivity index is 2.36. The molecule has 0 atom stereocenters. The van der Waals surface area contributed by atoms with E-state index in [9.17, 15) is 18.3 Å². The SMILES string of the molecule is Cc1cc(C)c(NS(=O)(=O)C2CCCCC2)c(C(=O)O)c1. The van der Waals surface area contributed by atoms with E-state index in [4.69, 9.17) is 0 Å². The molecular weight excluding hydrogens is 290 g/mol. The second-order valence-electron chi connectivity index (χ2n) is 5.72. The minimum atomic E-state index is -3.54. The molecule has 0 unspecified atom stereocenters. The molecule has 5 nitrogen and oxygen atoms in total. The molecule has 0 spiro atoms. The van der Waals surface area contributed by atoms with Gasteiger partial charge in [-0.1, -0.05) is 25.3 Å². The normalized spacial score (nSPS) is 16.7. The lowest BCUT2D eigenvalue weighted by atomic mass is 10.0. The summed E-state index contributed by atoms with van der Waals surface area (Å²) in [5.41, 5.74) is 1.63. The molecule has 0 heterocycles. The smallest absolute Gasteiger partial charge is 0.337 e. The molecule has 0 saturated heterocycles. The van der Waals surface area contributed by atoms with E-state index in [1.54, 1.807) is 19.9 Å². The third-order valence-electron chi connectivity index (χ3n) is 3.95. The number of aromatic carboxylic acids is 1. The Kier molecular flexibility index (Phi) is 4.56. The average molecular weight is 311 g/mol. The van der Waals surface area contributed by atoms with Gasteiger partial charge in [-0.2, -0.15) is 0 Å². The molecule has 21 heavy (non-hydrogen) atoms. The highest BCUT2D eigenvalue weighted by atomic mass is 32.2. The molecule has 2 N–H and O–H groups in total. The van der Waals surface area contributed by atoms with E-state index >= 15 is 0 Å². The number of benzene rings is 1. The first kappa shape index (κ1) is 15.8. The molecule has 1 aliphatic rings. The van der Waals surface area contributed by atoms with Crippen LogP contribution >= 0.6 is 0 Å². The summed E-state index contributed by atoms with van der Waals surface area (Å²) in [4.78, 5) is 11.4. The van der Waals surface area contributed by atoms with Gasteiger partial charge in [0.05, 0.1) is 16.5 Å². The summed E-state index contributed by atoms with van der Waals surface area (Å²) < 4.78 is 27.5. The number of hydrogen-bond donors (Lipinski definition) is 2. The monoisotopic (exact) mass is 311 g/mol. The summed E-state index contributed by atoms with van der Waals surface area (Å²) in [7, 11) is -3.54. The molecular formula is C15H21NO4S. The molecule has 1 aliphatic carbocycles. The van der Waals surface area contributed by atoms with Gasteiger partial charge in [0, 0.05) is 0 Å². The third kappa shape index (κ3) is 3.56. The third-order valence-corrected chi connectivity index (χ3v) is 5.78. The molecule has 1 saturated carbocycles. The van der Waals surface area contributed by atoms with Crippen molar-refractivity contribution in [3.8, 4) is 0 Å². The van der Waals surface area contributed by atoms with Gasteiger partial charge in [0.1, 0.15) is 0 Å². The average Bonchev–Trinajstić information content (AvgIpc) is 2.42. The number of nitrogens with one attached hydrogen (secondary N) is 1. The van der Waals surface area contributed by atoms with Gasteiger partial charge in [0.2, 0.25) is 10.0 Å². The first-order valence-electron chi connectivity index (χ1n) is 7.17. The van der Waals surface area contributed by atoms with Gasteiger partial charge in [-0.25, -0.2) is 13.2 Å². The highest BCUT2D eigenvalue weighted by Crippen LogP contribution is 2.29. The van der Waals surface area contributed by atoms with Crippen LogP contribution in [0.4, 0.5) is 5.69 Å². The molecule has 116 valence electrons. The van der Waals surface area contributed by atoms with Crippen molar-refractivity contribution in [2.75, 3.05) is 4.72 Å². The van der Waals surface area contributed by atoms with Crippen molar-refractivity contribution >= 4 is 21.7 Å². The maximum atomic E-state index is 12.5. The first-order valence-corrected chi connectivity index (χ1v) is 8.72. The fraction of sp³-hybridized carbons (Fsp3) is 0.533.